The predicted molar refractivity (Wildman–Crippen MR) is 109 cm³/mol. The van der Waals surface area contributed by atoms with Crippen molar-refractivity contribution in [3.8, 4) is 12.3 Å². The van der Waals surface area contributed by atoms with Crippen LogP contribution in [0.5, 0.6) is 0 Å². The van der Waals surface area contributed by atoms with Crippen LogP contribution in [0.3, 0.4) is 0 Å². The van der Waals surface area contributed by atoms with Crippen molar-refractivity contribution in [3.05, 3.63) is 17.8 Å². The van der Waals surface area contributed by atoms with E-state index in [9.17, 15) is 9.59 Å². The van der Waals surface area contributed by atoms with Gasteiger partial charge in [-0.3, -0.25) is 4.79 Å². The molecule has 162 valence electrons. The lowest BCUT2D eigenvalue weighted by atomic mass is 10.0. The predicted octanol–water partition coefficient (Wildman–Crippen LogP) is 3.02. The molecule has 1 fully saturated rings. The molecule has 0 aromatic carbocycles. The Hall–Kier alpha value is -2.89. The molecule has 2 aliphatic rings. The van der Waals surface area contributed by atoms with Gasteiger partial charge in [0, 0.05) is 51.7 Å². The second kappa shape index (κ2) is 8.86. The summed E-state index contributed by atoms with van der Waals surface area (Å²) in [7, 11) is 0. The first-order valence-corrected chi connectivity index (χ1v) is 10.3. The average molecular weight is 415 g/mol. The van der Waals surface area contributed by atoms with Crippen molar-refractivity contribution in [2.45, 2.75) is 70.1 Å². The van der Waals surface area contributed by atoms with Gasteiger partial charge in [0.15, 0.2) is 5.66 Å². The van der Waals surface area contributed by atoms with Crippen LogP contribution in [0.4, 0.5) is 4.79 Å². The maximum Gasteiger partial charge on any atom is 0.410 e. The summed E-state index contributed by atoms with van der Waals surface area (Å²) in [5, 5.41) is 11.0. The highest BCUT2D eigenvalue weighted by Gasteiger charge is 2.39. The van der Waals surface area contributed by atoms with Crippen molar-refractivity contribution in [3.63, 3.8) is 0 Å². The molecule has 2 amide bonds. The molecule has 3 heterocycles. The molecule has 3 rings (SSSR count). The van der Waals surface area contributed by atoms with Gasteiger partial charge in [0.2, 0.25) is 11.8 Å². The minimum Gasteiger partial charge on any atom is -0.445 e. The Balaban J connectivity index is 1.33. The SMILES string of the molecule is C#CCCC1(CCNC(=O)CCc2cnc(C3CN(C(=O)OC(C)(C)C)C3)o2)N=N1. The van der Waals surface area contributed by atoms with E-state index < -0.39 is 5.60 Å². The van der Waals surface area contributed by atoms with Gasteiger partial charge in [-0.15, -0.1) is 12.3 Å². The highest BCUT2D eigenvalue weighted by Crippen LogP contribution is 2.36. The van der Waals surface area contributed by atoms with E-state index in [1.54, 1.807) is 11.1 Å². The van der Waals surface area contributed by atoms with Gasteiger partial charge in [-0.05, 0) is 20.8 Å². The van der Waals surface area contributed by atoms with Crippen LogP contribution in [0.15, 0.2) is 20.8 Å². The van der Waals surface area contributed by atoms with Crippen LogP contribution < -0.4 is 5.32 Å². The number of nitrogens with zero attached hydrogens (tertiary/aromatic N) is 4. The van der Waals surface area contributed by atoms with Gasteiger partial charge in [0.1, 0.15) is 11.4 Å². The number of rotatable bonds is 9. The molecular weight excluding hydrogens is 386 g/mol. The highest BCUT2D eigenvalue weighted by molar-refractivity contribution is 5.76. The molecule has 0 bridgehead atoms. The lowest BCUT2D eigenvalue weighted by molar-refractivity contribution is -0.121. The molecule has 2 aliphatic heterocycles. The van der Waals surface area contributed by atoms with Gasteiger partial charge in [-0.2, -0.15) is 10.2 Å². The zero-order valence-electron chi connectivity index (χ0n) is 17.8. The summed E-state index contributed by atoms with van der Waals surface area (Å²) in [5.41, 5.74) is -0.890. The van der Waals surface area contributed by atoms with Crippen LogP contribution in [0, 0.1) is 12.3 Å². The fourth-order valence-corrected chi connectivity index (χ4v) is 3.13. The van der Waals surface area contributed by atoms with Gasteiger partial charge < -0.3 is 19.4 Å². The number of hydrogen-bond acceptors (Lipinski definition) is 7. The molecule has 1 N–H and O–H groups in total. The summed E-state index contributed by atoms with van der Waals surface area (Å²) in [5.74, 6) is 3.85. The van der Waals surface area contributed by atoms with E-state index in [-0.39, 0.29) is 23.6 Å². The normalized spacial score (nSPS) is 17.2. The van der Waals surface area contributed by atoms with Crippen molar-refractivity contribution < 1.29 is 18.7 Å². The van der Waals surface area contributed by atoms with Crippen molar-refractivity contribution >= 4 is 12.0 Å². The topological polar surface area (TPSA) is 109 Å². The summed E-state index contributed by atoms with van der Waals surface area (Å²) in [6.07, 6.45) is 9.41. The number of hydrogen-bond donors (Lipinski definition) is 1. The monoisotopic (exact) mass is 415 g/mol. The molecule has 30 heavy (non-hydrogen) atoms. The molecule has 1 aromatic rings. The fourth-order valence-electron chi connectivity index (χ4n) is 3.13. The third-order valence-corrected chi connectivity index (χ3v) is 4.95. The summed E-state index contributed by atoms with van der Waals surface area (Å²) >= 11 is 0. The first-order chi connectivity index (χ1) is 14.2. The van der Waals surface area contributed by atoms with Crippen molar-refractivity contribution in [1.29, 1.82) is 0 Å². The summed E-state index contributed by atoms with van der Waals surface area (Å²) in [4.78, 5) is 30.0. The Labute approximate surface area is 176 Å². The Morgan fingerprint density at radius 1 is 1.37 bits per heavy atom. The summed E-state index contributed by atoms with van der Waals surface area (Å²) < 4.78 is 11.1. The van der Waals surface area contributed by atoms with Crippen LogP contribution in [-0.4, -0.2) is 52.8 Å². The molecule has 1 saturated heterocycles. The van der Waals surface area contributed by atoms with Crippen LogP contribution in [0.2, 0.25) is 0 Å². The molecule has 9 heteroatoms. The second-order valence-electron chi connectivity index (χ2n) is 8.73. The number of carbonyl (C=O) groups excluding carboxylic acids is 2. The average Bonchev–Trinajstić information content (AvgIpc) is 3.23. The Morgan fingerprint density at radius 2 is 2.10 bits per heavy atom. The molecule has 0 spiro atoms. The Kier molecular flexibility index (Phi) is 6.44. The summed E-state index contributed by atoms with van der Waals surface area (Å²) in [6, 6.07) is 0. The van der Waals surface area contributed by atoms with Gasteiger partial charge >= 0.3 is 6.09 Å². The number of aryl methyl sites for hydroxylation is 1. The minimum absolute atomic E-state index is 0.0551. The first-order valence-electron chi connectivity index (χ1n) is 10.3. The van der Waals surface area contributed by atoms with Gasteiger partial charge in [0.05, 0.1) is 12.1 Å². The second-order valence-corrected chi connectivity index (χ2v) is 8.73. The minimum atomic E-state index is -0.511. The van der Waals surface area contributed by atoms with Crippen molar-refractivity contribution in [1.82, 2.24) is 15.2 Å². The quantitative estimate of drug-likeness (QED) is 0.624. The zero-order chi connectivity index (χ0) is 21.8. The molecular formula is C21H29N5O4. The molecule has 0 saturated carbocycles. The molecule has 0 atom stereocenters. The molecule has 9 nitrogen and oxygen atoms in total. The standard InChI is InChI=1S/C21H29N5O4/c1-5-6-9-21(24-25-21)10-11-22-17(27)8-7-16-12-23-18(29-16)15-13-26(14-15)19(28)30-20(2,3)4/h1,12,15H,6-11,13-14H2,2-4H3,(H,22,27). The largest absolute Gasteiger partial charge is 0.445 e. The van der Waals surface area contributed by atoms with Crippen molar-refractivity contribution in [2.24, 2.45) is 10.2 Å². The molecule has 0 aliphatic carbocycles. The smallest absolute Gasteiger partial charge is 0.410 e. The third kappa shape index (κ3) is 6.05. The van der Waals surface area contributed by atoms with E-state index in [4.69, 9.17) is 15.6 Å². The lowest BCUT2D eigenvalue weighted by Gasteiger charge is -2.38. The summed E-state index contributed by atoms with van der Waals surface area (Å²) in [6.45, 7) is 7.08. The fraction of sp³-hybridized carbons (Fsp3) is 0.667. The van der Waals surface area contributed by atoms with Crippen LogP contribution in [0.1, 0.15) is 64.0 Å². The van der Waals surface area contributed by atoms with Crippen LogP contribution in [-0.2, 0) is 16.0 Å². The zero-order valence-corrected chi connectivity index (χ0v) is 17.8. The van der Waals surface area contributed by atoms with Gasteiger partial charge in [-0.1, -0.05) is 0 Å². The van der Waals surface area contributed by atoms with E-state index in [0.717, 1.165) is 6.42 Å². The van der Waals surface area contributed by atoms with E-state index in [2.05, 4.69) is 26.4 Å². The lowest BCUT2D eigenvalue weighted by Crippen LogP contribution is -2.50. The van der Waals surface area contributed by atoms with Crippen LogP contribution in [0.25, 0.3) is 0 Å². The number of likely N-dealkylation sites (tertiary alicyclic amines) is 1. The Bertz CT molecular complexity index is 836. The molecule has 1 aromatic heterocycles. The number of ether oxygens (including phenoxy) is 1. The Morgan fingerprint density at radius 3 is 2.73 bits per heavy atom. The number of amides is 2. The van der Waals surface area contributed by atoms with E-state index in [1.165, 1.54) is 0 Å². The van der Waals surface area contributed by atoms with Gasteiger partial charge in [-0.25, -0.2) is 9.78 Å². The number of terminal acetylenes is 1. The number of nitrogens with one attached hydrogen (secondary N) is 1. The van der Waals surface area contributed by atoms with Crippen molar-refractivity contribution in [2.75, 3.05) is 19.6 Å². The maximum absolute atomic E-state index is 12.1. The number of aromatic nitrogens is 1. The maximum atomic E-state index is 12.1. The number of carbonyl (C=O) groups is 2. The number of oxazole rings is 1. The molecule has 0 radical (unpaired) electrons. The third-order valence-electron chi connectivity index (χ3n) is 4.95. The van der Waals surface area contributed by atoms with E-state index >= 15 is 0 Å². The first kappa shape index (κ1) is 21.8. The van der Waals surface area contributed by atoms with Crippen LogP contribution >= 0.6 is 0 Å². The molecule has 0 unspecified atom stereocenters. The van der Waals surface area contributed by atoms with E-state index in [1.807, 2.05) is 20.8 Å². The van der Waals surface area contributed by atoms with E-state index in [0.29, 0.717) is 57.0 Å². The van der Waals surface area contributed by atoms with Gasteiger partial charge in [0.25, 0.3) is 0 Å². The highest BCUT2D eigenvalue weighted by atomic mass is 16.6.